The van der Waals surface area contributed by atoms with Crippen molar-refractivity contribution in [3.05, 3.63) is 0 Å². The lowest BCUT2D eigenvalue weighted by molar-refractivity contribution is 0.127. The number of hydrogen-bond acceptors (Lipinski definition) is 4. The van der Waals surface area contributed by atoms with Gasteiger partial charge in [0.25, 0.3) is 0 Å². The Labute approximate surface area is 84.5 Å². The number of aliphatic hydroxyl groups is 1. The summed E-state index contributed by atoms with van der Waals surface area (Å²) >= 11 is 0. The smallest absolute Gasteiger partial charge is 0.214 e. The van der Waals surface area contributed by atoms with E-state index in [1.165, 1.54) is 0 Å². The molecule has 0 aromatic carbocycles. The first-order valence-corrected chi connectivity index (χ1v) is 6.41. The zero-order valence-corrected chi connectivity index (χ0v) is 9.09. The molecule has 2 atom stereocenters. The predicted molar refractivity (Wildman–Crippen MR) is 52.4 cm³/mol. The van der Waals surface area contributed by atoms with Gasteiger partial charge >= 0.3 is 0 Å². The highest BCUT2D eigenvalue weighted by Crippen LogP contribution is 2.13. The van der Waals surface area contributed by atoms with Crippen molar-refractivity contribution in [2.75, 3.05) is 19.0 Å². The van der Waals surface area contributed by atoms with Crippen molar-refractivity contribution in [3.8, 4) is 0 Å². The number of ether oxygens (including phenoxy) is 1. The largest absolute Gasteiger partial charge is 0.395 e. The Kier molecular flexibility index (Phi) is 4.31. The van der Waals surface area contributed by atoms with Crippen molar-refractivity contribution < 1.29 is 18.3 Å². The van der Waals surface area contributed by atoms with E-state index in [0.29, 0.717) is 6.61 Å². The minimum Gasteiger partial charge on any atom is -0.395 e. The quantitative estimate of drug-likeness (QED) is 0.656. The van der Waals surface area contributed by atoms with Crippen molar-refractivity contribution in [3.63, 3.8) is 0 Å². The van der Waals surface area contributed by atoms with E-state index in [1.54, 1.807) is 6.92 Å². The van der Waals surface area contributed by atoms with Crippen molar-refractivity contribution >= 4 is 10.0 Å². The summed E-state index contributed by atoms with van der Waals surface area (Å²) in [6.07, 6.45) is 1.54. The van der Waals surface area contributed by atoms with Gasteiger partial charge in [-0.3, -0.25) is 0 Å². The number of hydrogen-bond donors (Lipinski definition) is 2. The molecule has 1 saturated heterocycles. The summed E-state index contributed by atoms with van der Waals surface area (Å²) in [5, 5.41) is 8.70. The molecule has 1 aliphatic rings. The molecule has 0 radical (unpaired) electrons. The lowest BCUT2D eigenvalue weighted by atomic mass is 10.3. The van der Waals surface area contributed by atoms with Gasteiger partial charge in [-0.25, -0.2) is 13.1 Å². The fourth-order valence-corrected chi connectivity index (χ4v) is 2.95. The molecule has 0 aromatic heterocycles. The Morgan fingerprint density at radius 3 is 2.86 bits per heavy atom. The number of sulfonamides is 1. The lowest BCUT2D eigenvalue weighted by Crippen LogP contribution is -2.39. The normalized spacial score (nSPS) is 25.1. The third kappa shape index (κ3) is 3.91. The Morgan fingerprint density at radius 1 is 1.64 bits per heavy atom. The molecule has 0 aliphatic carbocycles. The maximum absolute atomic E-state index is 11.5. The molecule has 1 fully saturated rings. The molecule has 6 heteroatoms. The van der Waals surface area contributed by atoms with Gasteiger partial charge in [-0.05, 0) is 19.8 Å². The second-order valence-corrected chi connectivity index (χ2v) is 5.42. The number of nitrogens with one attached hydrogen (secondary N) is 1. The van der Waals surface area contributed by atoms with E-state index in [9.17, 15) is 8.42 Å². The molecule has 1 unspecified atom stereocenters. The van der Waals surface area contributed by atoms with Crippen molar-refractivity contribution in [1.29, 1.82) is 0 Å². The summed E-state index contributed by atoms with van der Waals surface area (Å²) in [4.78, 5) is 0. The molecular formula is C8H17NO4S. The molecule has 2 N–H and O–H groups in total. The van der Waals surface area contributed by atoms with Crippen molar-refractivity contribution in [2.45, 2.75) is 31.9 Å². The Hall–Kier alpha value is -0.170. The monoisotopic (exact) mass is 223 g/mol. The van der Waals surface area contributed by atoms with Crippen LogP contribution >= 0.6 is 0 Å². The molecule has 0 aromatic rings. The minimum atomic E-state index is -3.31. The van der Waals surface area contributed by atoms with Crippen LogP contribution in [0.5, 0.6) is 0 Å². The Bertz CT molecular complexity index is 259. The van der Waals surface area contributed by atoms with Crippen LogP contribution in [0, 0.1) is 0 Å². The van der Waals surface area contributed by atoms with E-state index in [-0.39, 0.29) is 18.5 Å². The predicted octanol–water partition coefficient (Wildman–Crippen LogP) is -0.534. The minimum absolute atomic E-state index is 0.00264. The molecule has 84 valence electrons. The van der Waals surface area contributed by atoms with Crippen LogP contribution in [0.3, 0.4) is 0 Å². The third-order valence-corrected chi connectivity index (χ3v) is 3.66. The Morgan fingerprint density at radius 2 is 2.36 bits per heavy atom. The van der Waals surface area contributed by atoms with Gasteiger partial charge < -0.3 is 9.84 Å². The molecule has 0 spiro atoms. The van der Waals surface area contributed by atoms with Crippen LogP contribution in [0.25, 0.3) is 0 Å². The van der Waals surface area contributed by atoms with Crippen LogP contribution in [0.1, 0.15) is 19.8 Å². The van der Waals surface area contributed by atoms with E-state index in [0.717, 1.165) is 12.8 Å². The highest BCUT2D eigenvalue weighted by atomic mass is 32.2. The first-order valence-electron chi connectivity index (χ1n) is 4.76. The number of rotatable bonds is 5. The average Bonchev–Trinajstić information content (AvgIpc) is 2.54. The second kappa shape index (κ2) is 5.06. The molecular weight excluding hydrogens is 206 g/mol. The summed E-state index contributed by atoms with van der Waals surface area (Å²) in [7, 11) is -3.31. The van der Waals surface area contributed by atoms with Crippen LogP contribution < -0.4 is 4.72 Å². The van der Waals surface area contributed by atoms with E-state index in [1.807, 2.05) is 0 Å². The van der Waals surface area contributed by atoms with E-state index >= 15 is 0 Å². The molecule has 0 bridgehead atoms. The fourth-order valence-electron chi connectivity index (χ4n) is 1.41. The maximum atomic E-state index is 11.5. The molecule has 0 saturated carbocycles. The van der Waals surface area contributed by atoms with Crippen LogP contribution in [-0.4, -0.2) is 44.6 Å². The van der Waals surface area contributed by atoms with Gasteiger partial charge in [0, 0.05) is 12.6 Å². The fraction of sp³-hybridized carbons (Fsp3) is 1.00. The molecule has 1 aliphatic heterocycles. The maximum Gasteiger partial charge on any atom is 0.214 e. The summed E-state index contributed by atoms with van der Waals surface area (Å²) in [6.45, 7) is 2.08. The molecule has 5 nitrogen and oxygen atoms in total. The molecule has 1 heterocycles. The van der Waals surface area contributed by atoms with Crippen LogP contribution in [-0.2, 0) is 14.8 Å². The zero-order valence-electron chi connectivity index (χ0n) is 8.27. The number of aliphatic hydroxyl groups excluding tert-OH is 1. The highest BCUT2D eigenvalue weighted by molar-refractivity contribution is 7.89. The van der Waals surface area contributed by atoms with Gasteiger partial charge in [0.15, 0.2) is 0 Å². The summed E-state index contributed by atoms with van der Waals surface area (Å²) in [5.41, 5.74) is 0. The summed E-state index contributed by atoms with van der Waals surface area (Å²) in [6, 6.07) is -0.429. The van der Waals surface area contributed by atoms with Gasteiger partial charge in [-0.15, -0.1) is 0 Å². The zero-order chi connectivity index (χ0) is 10.6. The third-order valence-electron chi connectivity index (χ3n) is 2.08. The standard InChI is InChI=1S/C8H17NO4S/c1-7(5-10)9-14(11,12)6-8-3-2-4-13-8/h7-10H,2-6H2,1H3/t7-,8?/m0/s1. The van der Waals surface area contributed by atoms with E-state index in [4.69, 9.17) is 9.84 Å². The van der Waals surface area contributed by atoms with Crippen LogP contribution in [0.4, 0.5) is 0 Å². The van der Waals surface area contributed by atoms with E-state index < -0.39 is 16.1 Å². The summed E-state index contributed by atoms with van der Waals surface area (Å²) in [5.74, 6) is -0.00264. The average molecular weight is 223 g/mol. The first-order chi connectivity index (χ1) is 6.53. The van der Waals surface area contributed by atoms with Crippen LogP contribution in [0.15, 0.2) is 0 Å². The Balaban J connectivity index is 2.40. The molecule has 1 rings (SSSR count). The summed E-state index contributed by atoms with van der Waals surface area (Å²) < 4.78 is 30.5. The van der Waals surface area contributed by atoms with E-state index in [2.05, 4.69) is 4.72 Å². The molecule has 14 heavy (non-hydrogen) atoms. The van der Waals surface area contributed by atoms with Gasteiger partial charge in [-0.2, -0.15) is 0 Å². The second-order valence-electron chi connectivity index (χ2n) is 3.62. The first kappa shape index (κ1) is 11.9. The highest BCUT2D eigenvalue weighted by Gasteiger charge is 2.24. The lowest BCUT2D eigenvalue weighted by Gasteiger charge is -2.14. The van der Waals surface area contributed by atoms with Gasteiger partial charge in [0.05, 0.1) is 18.5 Å². The van der Waals surface area contributed by atoms with Crippen molar-refractivity contribution in [1.82, 2.24) is 4.72 Å². The van der Waals surface area contributed by atoms with Crippen molar-refractivity contribution in [2.24, 2.45) is 0 Å². The van der Waals surface area contributed by atoms with Crippen LogP contribution in [0.2, 0.25) is 0 Å². The van der Waals surface area contributed by atoms with Gasteiger partial charge in [0.2, 0.25) is 10.0 Å². The SMILES string of the molecule is C[C@@H](CO)NS(=O)(=O)CC1CCCO1. The topological polar surface area (TPSA) is 75.6 Å². The van der Waals surface area contributed by atoms with Gasteiger partial charge in [-0.1, -0.05) is 0 Å². The van der Waals surface area contributed by atoms with Gasteiger partial charge in [0.1, 0.15) is 0 Å². The molecule has 0 amide bonds.